The largest absolute Gasteiger partial charge is 0.327 e. The third-order valence-corrected chi connectivity index (χ3v) is 4.83. The summed E-state index contributed by atoms with van der Waals surface area (Å²) in [5, 5.41) is 3.12. The Morgan fingerprint density at radius 3 is 2.46 bits per heavy atom. The molecule has 3 rings (SSSR count). The molecule has 4 amide bonds. The van der Waals surface area contributed by atoms with Crippen LogP contribution in [0.5, 0.6) is 0 Å². The van der Waals surface area contributed by atoms with Crippen LogP contribution >= 0.6 is 11.6 Å². The van der Waals surface area contributed by atoms with Gasteiger partial charge in [-0.3, -0.25) is 14.5 Å². The van der Waals surface area contributed by atoms with Crippen LogP contribution in [0.1, 0.15) is 23.1 Å². The summed E-state index contributed by atoms with van der Waals surface area (Å²) in [5.74, 6) is -0.589. The third-order valence-electron chi connectivity index (χ3n) is 4.50. The number of halogens is 1. The average molecular weight is 400 g/mol. The predicted octanol–water partition coefficient (Wildman–Crippen LogP) is 3.75. The van der Waals surface area contributed by atoms with E-state index in [2.05, 4.69) is 5.32 Å². The number of nitrogens with one attached hydrogen (secondary N) is 1. The quantitative estimate of drug-likeness (QED) is 0.832. The monoisotopic (exact) mass is 399 g/mol. The van der Waals surface area contributed by atoms with Gasteiger partial charge in [0.05, 0.1) is 17.3 Å². The first kappa shape index (κ1) is 19.9. The van der Waals surface area contributed by atoms with Crippen molar-refractivity contribution in [3.63, 3.8) is 0 Å². The van der Waals surface area contributed by atoms with E-state index >= 15 is 0 Å². The van der Waals surface area contributed by atoms with Gasteiger partial charge in [-0.15, -0.1) is 0 Å². The molecule has 0 aromatic heterocycles. The maximum atomic E-state index is 12.8. The minimum Gasteiger partial charge on any atom is -0.323 e. The fourth-order valence-corrected chi connectivity index (χ4v) is 3.49. The molecule has 28 heavy (non-hydrogen) atoms. The predicted molar refractivity (Wildman–Crippen MR) is 108 cm³/mol. The second-order valence-corrected chi connectivity index (χ2v) is 7.37. The minimum atomic E-state index is -0.454. The molecular weight excluding hydrogens is 378 g/mol. The molecule has 0 aliphatic carbocycles. The van der Waals surface area contributed by atoms with Crippen LogP contribution in [0.25, 0.3) is 0 Å². The highest BCUT2D eigenvalue weighted by atomic mass is 35.5. The maximum absolute atomic E-state index is 12.8. The normalized spacial score (nSPS) is 14.4. The molecule has 0 atom stereocenters. The van der Waals surface area contributed by atoms with Crippen LogP contribution in [0.3, 0.4) is 0 Å². The number of benzene rings is 2. The van der Waals surface area contributed by atoms with Crippen molar-refractivity contribution in [2.45, 2.75) is 26.8 Å². The lowest BCUT2D eigenvalue weighted by Crippen LogP contribution is -2.53. The summed E-state index contributed by atoms with van der Waals surface area (Å²) in [6, 6.07) is 12.4. The molecular formula is C21H22ClN3O3. The molecule has 0 bridgehead atoms. The van der Waals surface area contributed by atoms with Crippen LogP contribution in [0.15, 0.2) is 42.5 Å². The summed E-state index contributed by atoms with van der Waals surface area (Å²) in [6.45, 7) is 4.23. The fraction of sp³-hybridized carbons (Fsp3) is 0.286. The summed E-state index contributed by atoms with van der Waals surface area (Å²) >= 11 is 6.05. The lowest BCUT2D eigenvalue weighted by Gasteiger charge is -2.34. The standard InChI is InChI=1S/C21H22ClN3O3/c1-14-9-15(2)11-16(10-14)12-25-20(27)7-8-24(21(25)28)13-19(26)23-18-6-4-3-5-17(18)22/h3-6,9-11H,7-8,12-13H2,1-2H3,(H,23,26). The Morgan fingerprint density at radius 2 is 1.79 bits per heavy atom. The molecule has 1 N–H and O–H groups in total. The first-order valence-electron chi connectivity index (χ1n) is 9.04. The Kier molecular flexibility index (Phi) is 5.99. The summed E-state index contributed by atoms with van der Waals surface area (Å²) in [4.78, 5) is 40.0. The van der Waals surface area contributed by atoms with Gasteiger partial charge >= 0.3 is 6.03 Å². The highest BCUT2D eigenvalue weighted by molar-refractivity contribution is 6.33. The van der Waals surface area contributed by atoms with E-state index in [1.54, 1.807) is 24.3 Å². The van der Waals surface area contributed by atoms with Crippen LogP contribution in [0, 0.1) is 13.8 Å². The molecule has 7 heteroatoms. The lowest BCUT2D eigenvalue weighted by atomic mass is 10.1. The Labute approximate surface area is 169 Å². The van der Waals surface area contributed by atoms with E-state index in [1.807, 2.05) is 32.0 Å². The van der Waals surface area contributed by atoms with Crippen LogP contribution < -0.4 is 5.32 Å². The second-order valence-electron chi connectivity index (χ2n) is 6.96. The number of imide groups is 1. The number of rotatable bonds is 5. The average Bonchev–Trinajstić information content (AvgIpc) is 2.62. The molecule has 146 valence electrons. The van der Waals surface area contributed by atoms with Gasteiger partial charge in [0.1, 0.15) is 6.54 Å². The van der Waals surface area contributed by atoms with Crippen molar-refractivity contribution in [3.05, 3.63) is 64.2 Å². The number of carbonyl (C=O) groups is 3. The zero-order valence-corrected chi connectivity index (χ0v) is 16.6. The molecule has 0 saturated carbocycles. The summed E-state index contributed by atoms with van der Waals surface area (Å²) < 4.78 is 0. The maximum Gasteiger partial charge on any atom is 0.327 e. The summed E-state index contributed by atoms with van der Waals surface area (Å²) in [5.41, 5.74) is 3.52. The van der Waals surface area contributed by atoms with E-state index in [0.717, 1.165) is 16.7 Å². The Morgan fingerprint density at radius 1 is 1.11 bits per heavy atom. The van der Waals surface area contributed by atoms with Crippen LogP contribution in [-0.4, -0.2) is 40.7 Å². The lowest BCUT2D eigenvalue weighted by molar-refractivity contribution is -0.132. The number of hydrogen-bond donors (Lipinski definition) is 1. The molecule has 0 radical (unpaired) electrons. The van der Waals surface area contributed by atoms with Crippen molar-refractivity contribution in [3.8, 4) is 0 Å². The smallest absolute Gasteiger partial charge is 0.323 e. The molecule has 2 aromatic carbocycles. The number of urea groups is 1. The van der Waals surface area contributed by atoms with Gasteiger partial charge in [-0.2, -0.15) is 0 Å². The molecule has 6 nitrogen and oxygen atoms in total. The van der Waals surface area contributed by atoms with Gasteiger partial charge in [0.25, 0.3) is 0 Å². The van der Waals surface area contributed by atoms with Gasteiger partial charge < -0.3 is 10.2 Å². The van der Waals surface area contributed by atoms with Crippen molar-refractivity contribution in [2.24, 2.45) is 0 Å². The first-order chi connectivity index (χ1) is 13.3. The molecule has 1 fully saturated rings. The number of nitrogens with zero attached hydrogens (tertiary/aromatic N) is 2. The SMILES string of the molecule is Cc1cc(C)cc(CN2C(=O)CCN(CC(=O)Nc3ccccc3Cl)C2=O)c1. The van der Waals surface area contributed by atoms with E-state index in [1.165, 1.54) is 9.80 Å². The molecule has 2 aromatic rings. The zero-order valence-electron chi connectivity index (χ0n) is 15.9. The van der Waals surface area contributed by atoms with Crippen LogP contribution in [0.2, 0.25) is 5.02 Å². The zero-order chi connectivity index (χ0) is 20.3. The van der Waals surface area contributed by atoms with Gasteiger partial charge in [0.15, 0.2) is 0 Å². The number of hydrogen-bond acceptors (Lipinski definition) is 3. The van der Waals surface area contributed by atoms with Gasteiger partial charge in [-0.1, -0.05) is 53.1 Å². The number of para-hydroxylation sites is 1. The van der Waals surface area contributed by atoms with E-state index in [4.69, 9.17) is 11.6 Å². The molecule has 1 heterocycles. The molecule has 0 unspecified atom stereocenters. The number of aryl methyl sites for hydroxylation is 2. The number of carbonyl (C=O) groups excluding carboxylic acids is 3. The Balaban J connectivity index is 1.68. The van der Waals surface area contributed by atoms with Gasteiger partial charge in [0, 0.05) is 13.0 Å². The van der Waals surface area contributed by atoms with Crippen molar-refractivity contribution in [1.29, 1.82) is 0 Å². The van der Waals surface area contributed by atoms with Gasteiger partial charge in [-0.25, -0.2) is 4.79 Å². The number of anilines is 1. The minimum absolute atomic E-state index is 0.138. The third kappa shape index (κ3) is 4.70. The molecule has 0 spiro atoms. The van der Waals surface area contributed by atoms with E-state index in [9.17, 15) is 14.4 Å². The van der Waals surface area contributed by atoms with Crippen LogP contribution in [0.4, 0.5) is 10.5 Å². The van der Waals surface area contributed by atoms with E-state index < -0.39 is 6.03 Å². The highest BCUT2D eigenvalue weighted by Gasteiger charge is 2.33. The van der Waals surface area contributed by atoms with E-state index in [0.29, 0.717) is 10.7 Å². The Hall–Kier alpha value is -2.86. The molecule has 1 saturated heterocycles. The fourth-order valence-electron chi connectivity index (χ4n) is 3.31. The topological polar surface area (TPSA) is 69.7 Å². The highest BCUT2D eigenvalue weighted by Crippen LogP contribution is 2.21. The summed E-state index contributed by atoms with van der Waals surface area (Å²) in [6.07, 6.45) is 0.190. The van der Waals surface area contributed by atoms with Crippen molar-refractivity contribution >= 4 is 35.1 Å². The second kappa shape index (κ2) is 8.44. The van der Waals surface area contributed by atoms with Gasteiger partial charge in [-0.05, 0) is 31.5 Å². The number of amides is 4. The van der Waals surface area contributed by atoms with Crippen molar-refractivity contribution in [1.82, 2.24) is 9.80 Å². The first-order valence-corrected chi connectivity index (χ1v) is 9.42. The van der Waals surface area contributed by atoms with Crippen LogP contribution in [-0.2, 0) is 16.1 Å². The molecule has 1 aliphatic heterocycles. The van der Waals surface area contributed by atoms with Crippen molar-refractivity contribution in [2.75, 3.05) is 18.4 Å². The van der Waals surface area contributed by atoms with E-state index in [-0.39, 0.29) is 37.9 Å². The van der Waals surface area contributed by atoms with Gasteiger partial charge in [0.2, 0.25) is 11.8 Å². The summed E-state index contributed by atoms with van der Waals surface area (Å²) in [7, 11) is 0. The Bertz CT molecular complexity index is 909. The van der Waals surface area contributed by atoms with Crippen molar-refractivity contribution < 1.29 is 14.4 Å². The molecule has 1 aliphatic rings.